The van der Waals surface area contributed by atoms with Crippen molar-refractivity contribution < 1.29 is 14.3 Å². The molecule has 1 aromatic heterocycles. The van der Waals surface area contributed by atoms with Crippen molar-refractivity contribution in [3.05, 3.63) is 72.1 Å². The molecule has 4 nitrogen and oxygen atoms in total. The molecule has 0 fully saturated rings. The number of nitrogens with zero attached hydrogens (tertiary/aromatic N) is 1. The zero-order chi connectivity index (χ0) is 14.5. The Bertz CT molecular complexity index is 690. The maximum atomic E-state index is 8.98. The molecule has 21 heavy (non-hydrogen) atoms. The van der Waals surface area contributed by atoms with Crippen LogP contribution in [-0.4, -0.2) is 10.1 Å². The van der Waals surface area contributed by atoms with E-state index in [2.05, 4.69) is 4.98 Å². The summed E-state index contributed by atoms with van der Waals surface area (Å²) in [4.78, 5) is 4.40. The molecular weight excluding hydrogens is 266 g/mol. The van der Waals surface area contributed by atoms with Crippen LogP contribution >= 0.6 is 0 Å². The van der Waals surface area contributed by atoms with Crippen molar-refractivity contribution in [3.8, 4) is 17.2 Å². The number of benzene rings is 2. The van der Waals surface area contributed by atoms with Gasteiger partial charge in [0.1, 0.15) is 24.3 Å². The van der Waals surface area contributed by atoms with E-state index in [9.17, 15) is 0 Å². The topological polar surface area (TPSA) is 55.5 Å². The van der Waals surface area contributed by atoms with Gasteiger partial charge in [-0.2, -0.15) is 0 Å². The second-order valence-electron chi connectivity index (χ2n) is 4.60. The smallest absolute Gasteiger partial charge is 0.226 e. The third kappa shape index (κ3) is 3.30. The van der Waals surface area contributed by atoms with Crippen molar-refractivity contribution in [1.29, 1.82) is 0 Å². The van der Waals surface area contributed by atoms with Crippen molar-refractivity contribution in [3.63, 3.8) is 0 Å². The molecule has 1 heterocycles. The summed E-state index contributed by atoms with van der Waals surface area (Å²) in [5.41, 5.74) is 2.53. The predicted octanol–water partition coefficient (Wildman–Crippen LogP) is 3.41. The van der Waals surface area contributed by atoms with Gasteiger partial charge in [0.05, 0.1) is 6.61 Å². The van der Waals surface area contributed by atoms with Gasteiger partial charge < -0.3 is 14.3 Å². The lowest BCUT2D eigenvalue weighted by atomic mass is 10.2. The number of aromatic nitrogens is 1. The maximum absolute atomic E-state index is 8.98. The van der Waals surface area contributed by atoms with Gasteiger partial charge in [0.25, 0.3) is 0 Å². The quantitative estimate of drug-likeness (QED) is 0.778. The molecular formula is C17H15NO3. The summed E-state index contributed by atoms with van der Waals surface area (Å²) in [6.45, 7) is 0.374. The van der Waals surface area contributed by atoms with Crippen LogP contribution in [0, 0.1) is 0 Å². The number of hydrogen-bond donors (Lipinski definition) is 1. The second kappa shape index (κ2) is 6.24. The number of hydrogen-bond acceptors (Lipinski definition) is 4. The third-order valence-electron chi connectivity index (χ3n) is 3.07. The molecule has 0 aliphatic heterocycles. The largest absolute Gasteiger partial charge is 0.487 e. The molecule has 0 spiro atoms. The molecule has 0 atom stereocenters. The molecule has 3 aromatic rings. The molecule has 0 bridgehead atoms. The summed E-state index contributed by atoms with van der Waals surface area (Å²) in [5.74, 6) is 1.32. The Morgan fingerprint density at radius 2 is 1.76 bits per heavy atom. The fraction of sp³-hybridized carbons (Fsp3) is 0.118. The summed E-state index contributed by atoms with van der Waals surface area (Å²) in [6.07, 6.45) is 1.60. The van der Waals surface area contributed by atoms with Crippen LogP contribution in [0.25, 0.3) is 11.5 Å². The molecule has 0 radical (unpaired) electrons. The molecule has 0 aliphatic rings. The van der Waals surface area contributed by atoms with E-state index in [4.69, 9.17) is 14.3 Å². The van der Waals surface area contributed by atoms with E-state index in [1.165, 1.54) is 0 Å². The average Bonchev–Trinajstić information content (AvgIpc) is 3.03. The lowest BCUT2D eigenvalue weighted by Crippen LogP contribution is -1.96. The molecule has 3 rings (SSSR count). The van der Waals surface area contributed by atoms with Crippen molar-refractivity contribution in [2.75, 3.05) is 0 Å². The van der Waals surface area contributed by atoms with Gasteiger partial charge in [-0.15, -0.1) is 0 Å². The highest BCUT2D eigenvalue weighted by Crippen LogP contribution is 2.19. The molecule has 0 aliphatic carbocycles. The number of oxazole rings is 1. The molecule has 106 valence electrons. The first-order valence-corrected chi connectivity index (χ1v) is 6.67. The Morgan fingerprint density at radius 1 is 1.00 bits per heavy atom. The fourth-order valence-corrected chi connectivity index (χ4v) is 1.93. The zero-order valence-electron chi connectivity index (χ0n) is 11.4. The Kier molecular flexibility index (Phi) is 3.98. The Balaban J connectivity index is 1.64. The monoisotopic (exact) mass is 281 g/mol. The van der Waals surface area contributed by atoms with Crippen LogP contribution in [0.4, 0.5) is 0 Å². The first-order chi connectivity index (χ1) is 10.3. The molecule has 0 unspecified atom stereocenters. The molecule has 0 saturated heterocycles. The third-order valence-corrected chi connectivity index (χ3v) is 3.07. The fourth-order valence-electron chi connectivity index (χ4n) is 1.93. The first-order valence-electron chi connectivity index (χ1n) is 6.67. The molecule has 4 heteroatoms. The van der Waals surface area contributed by atoms with Crippen molar-refractivity contribution in [2.45, 2.75) is 13.2 Å². The van der Waals surface area contributed by atoms with Crippen LogP contribution < -0.4 is 4.74 Å². The number of aliphatic hydroxyl groups excluding tert-OH is 1. The van der Waals surface area contributed by atoms with Crippen LogP contribution in [0.15, 0.2) is 65.3 Å². The van der Waals surface area contributed by atoms with Crippen molar-refractivity contribution >= 4 is 0 Å². The maximum Gasteiger partial charge on any atom is 0.226 e. The SMILES string of the molecule is OCc1ccc(OCc2coc(-c3ccccc3)n2)cc1. The predicted molar refractivity (Wildman–Crippen MR) is 78.6 cm³/mol. The van der Waals surface area contributed by atoms with Gasteiger partial charge >= 0.3 is 0 Å². The highest BCUT2D eigenvalue weighted by atomic mass is 16.5. The van der Waals surface area contributed by atoms with Gasteiger partial charge in [0.15, 0.2) is 0 Å². The van der Waals surface area contributed by atoms with Gasteiger partial charge in [0.2, 0.25) is 5.89 Å². The van der Waals surface area contributed by atoms with E-state index in [1.807, 2.05) is 54.6 Å². The van der Waals surface area contributed by atoms with Crippen LogP contribution in [0.3, 0.4) is 0 Å². The van der Waals surface area contributed by atoms with Gasteiger partial charge in [-0.25, -0.2) is 4.98 Å². The number of aliphatic hydroxyl groups is 1. The first kappa shape index (κ1) is 13.4. The van der Waals surface area contributed by atoms with Crippen molar-refractivity contribution in [2.24, 2.45) is 0 Å². The minimum Gasteiger partial charge on any atom is -0.487 e. The average molecular weight is 281 g/mol. The normalized spacial score (nSPS) is 10.5. The molecule has 2 aromatic carbocycles. The minimum absolute atomic E-state index is 0.0317. The molecule has 0 saturated carbocycles. The minimum atomic E-state index is 0.0317. The second-order valence-corrected chi connectivity index (χ2v) is 4.60. The summed E-state index contributed by atoms with van der Waals surface area (Å²) >= 11 is 0. The summed E-state index contributed by atoms with van der Waals surface area (Å²) in [6, 6.07) is 17.0. The van der Waals surface area contributed by atoms with E-state index in [1.54, 1.807) is 6.26 Å². The summed E-state index contributed by atoms with van der Waals surface area (Å²) < 4.78 is 11.1. The van der Waals surface area contributed by atoms with E-state index < -0.39 is 0 Å². The lowest BCUT2D eigenvalue weighted by molar-refractivity contribution is 0.280. The van der Waals surface area contributed by atoms with Gasteiger partial charge in [0, 0.05) is 5.56 Å². The summed E-state index contributed by atoms with van der Waals surface area (Å²) in [7, 11) is 0. The van der Waals surface area contributed by atoms with Gasteiger partial charge in [-0.05, 0) is 29.8 Å². The Labute approximate surface area is 122 Å². The lowest BCUT2D eigenvalue weighted by Gasteiger charge is -2.04. The highest BCUT2D eigenvalue weighted by Gasteiger charge is 2.06. The van der Waals surface area contributed by atoms with E-state index in [-0.39, 0.29) is 6.61 Å². The summed E-state index contributed by atoms with van der Waals surface area (Å²) in [5, 5.41) is 8.98. The van der Waals surface area contributed by atoms with E-state index >= 15 is 0 Å². The van der Waals surface area contributed by atoms with E-state index in [0.717, 1.165) is 22.6 Å². The molecule has 1 N–H and O–H groups in total. The molecule has 0 amide bonds. The van der Waals surface area contributed by atoms with Gasteiger partial charge in [-0.1, -0.05) is 30.3 Å². The van der Waals surface area contributed by atoms with Crippen molar-refractivity contribution in [1.82, 2.24) is 4.98 Å². The van der Waals surface area contributed by atoms with Crippen LogP contribution in [-0.2, 0) is 13.2 Å². The number of ether oxygens (including phenoxy) is 1. The highest BCUT2D eigenvalue weighted by molar-refractivity contribution is 5.52. The van der Waals surface area contributed by atoms with Crippen LogP contribution in [0.1, 0.15) is 11.3 Å². The van der Waals surface area contributed by atoms with Crippen LogP contribution in [0.5, 0.6) is 5.75 Å². The zero-order valence-corrected chi connectivity index (χ0v) is 11.4. The van der Waals surface area contributed by atoms with E-state index in [0.29, 0.717) is 12.5 Å². The van der Waals surface area contributed by atoms with Crippen LogP contribution in [0.2, 0.25) is 0 Å². The Morgan fingerprint density at radius 3 is 2.48 bits per heavy atom. The van der Waals surface area contributed by atoms with Gasteiger partial charge in [-0.3, -0.25) is 0 Å². The number of rotatable bonds is 5. The standard InChI is InChI=1S/C17H15NO3/c19-10-13-6-8-16(9-7-13)20-11-15-12-21-17(18-15)14-4-2-1-3-5-14/h1-9,12,19H,10-11H2. The Hall–Kier alpha value is -2.59.